The minimum Gasteiger partial charge on any atom is -0.307 e. The molecule has 0 saturated carbocycles. The summed E-state index contributed by atoms with van der Waals surface area (Å²) in [6.07, 6.45) is 10.1. The molecular weight excluding hydrogens is 426 g/mol. The molecule has 5 rings (SSSR count). The molecule has 1 amide bonds. The zero-order valence-electron chi connectivity index (χ0n) is 18.3. The lowest BCUT2D eigenvalue weighted by atomic mass is 9.98. The number of amides is 1. The van der Waals surface area contributed by atoms with Crippen molar-refractivity contribution in [3.05, 3.63) is 91.7 Å². The van der Waals surface area contributed by atoms with Gasteiger partial charge in [-0.05, 0) is 35.4 Å². The molecule has 1 N–H and O–H groups in total. The Balaban J connectivity index is 1.54. The van der Waals surface area contributed by atoms with Gasteiger partial charge in [-0.2, -0.15) is 15.5 Å². The molecule has 0 saturated heterocycles. The number of nitrogens with zero attached hydrogens (tertiary/aromatic N) is 6. The van der Waals surface area contributed by atoms with E-state index in [-0.39, 0.29) is 5.91 Å². The molecule has 4 heterocycles. The van der Waals surface area contributed by atoms with Crippen LogP contribution in [-0.4, -0.2) is 30.3 Å². The summed E-state index contributed by atoms with van der Waals surface area (Å²) in [5.74, 6) is 0.158. The number of anilines is 1. The summed E-state index contributed by atoms with van der Waals surface area (Å²) in [7, 11) is 1.87. The summed E-state index contributed by atoms with van der Waals surface area (Å²) in [5, 5.41) is 20.9. The maximum Gasteiger partial charge on any atom is 0.248 e. The number of hydrogen-bond donors (Lipinski definition) is 1. The number of pyridine rings is 2. The van der Waals surface area contributed by atoms with E-state index in [1.54, 1.807) is 33.9 Å². The molecule has 0 radical (unpaired) electrons. The monoisotopic (exact) mass is 445 g/mol. The van der Waals surface area contributed by atoms with Gasteiger partial charge in [-0.15, -0.1) is 0 Å². The first kappa shape index (κ1) is 20.8. The molecular formula is C26H19N7O. The van der Waals surface area contributed by atoms with Crippen molar-refractivity contribution in [3.8, 4) is 39.4 Å². The highest BCUT2D eigenvalue weighted by atomic mass is 16.1. The van der Waals surface area contributed by atoms with Crippen molar-refractivity contribution in [3.63, 3.8) is 0 Å². The Morgan fingerprint density at radius 2 is 1.74 bits per heavy atom. The van der Waals surface area contributed by atoms with E-state index < -0.39 is 0 Å². The lowest BCUT2D eigenvalue weighted by Gasteiger charge is -2.10. The number of carbonyl (C=O) groups is 1. The van der Waals surface area contributed by atoms with Crippen LogP contribution < -0.4 is 5.32 Å². The topological polar surface area (TPSA) is 101 Å². The van der Waals surface area contributed by atoms with Crippen LogP contribution in [0.2, 0.25) is 0 Å². The van der Waals surface area contributed by atoms with Gasteiger partial charge in [-0.25, -0.2) is 9.50 Å². The molecule has 0 fully saturated rings. The molecule has 164 valence electrons. The quantitative estimate of drug-likeness (QED) is 0.403. The average molecular weight is 445 g/mol. The van der Waals surface area contributed by atoms with Crippen LogP contribution in [0, 0.1) is 11.3 Å². The highest BCUT2D eigenvalue weighted by molar-refractivity contribution is 5.98. The van der Waals surface area contributed by atoms with E-state index in [2.05, 4.69) is 39.2 Å². The standard InChI is InChI=1S/C26H19N7O/c1-3-25(34)31-24-9-8-19(12-28-24)17-4-6-18(7-5-17)23-10-20(22-14-29-32(2)15-22)16-33-26(23)21(11-27)13-30-33/h3-10,12-16H,1H2,2H3,(H,28,31,34). The van der Waals surface area contributed by atoms with Crippen LogP contribution in [0.3, 0.4) is 0 Å². The van der Waals surface area contributed by atoms with Gasteiger partial charge in [0.15, 0.2) is 0 Å². The van der Waals surface area contributed by atoms with E-state index in [0.717, 1.165) is 38.9 Å². The number of benzene rings is 1. The average Bonchev–Trinajstić information content (AvgIpc) is 3.50. The third kappa shape index (κ3) is 3.82. The molecule has 8 heteroatoms. The number of aromatic nitrogens is 5. The summed E-state index contributed by atoms with van der Waals surface area (Å²) < 4.78 is 3.49. The van der Waals surface area contributed by atoms with Gasteiger partial charge >= 0.3 is 0 Å². The molecule has 4 aromatic heterocycles. The number of carbonyl (C=O) groups excluding carboxylic acids is 1. The first-order valence-electron chi connectivity index (χ1n) is 10.5. The Kier molecular flexibility index (Phi) is 5.20. The molecule has 1 aromatic carbocycles. The normalized spacial score (nSPS) is 10.7. The van der Waals surface area contributed by atoms with Crippen molar-refractivity contribution in [1.82, 2.24) is 24.4 Å². The van der Waals surface area contributed by atoms with Gasteiger partial charge in [0, 0.05) is 47.9 Å². The number of hydrogen-bond acceptors (Lipinski definition) is 5. The van der Waals surface area contributed by atoms with Crippen molar-refractivity contribution < 1.29 is 4.79 Å². The van der Waals surface area contributed by atoms with Crippen LogP contribution in [0.4, 0.5) is 5.82 Å². The van der Waals surface area contributed by atoms with Gasteiger partial charge in [-0.3, -0.25) is 9.48 Å². The molecule has 8 nitrogen and oxygen atoms in total. The maximum atomic E-state index is 11.4. The summed E-state index contributed by atoms with van der Waals surface area (Å²) >= 11 is 0. The smallest absolute Gasteiger partial charge is 0.248 e. The minimum absolute atomic E-state index is 0.305. The Morgan fingerprint density at radius 1 is 0.971 bits per heavy atom. The van der Waals surface area contributed by atoms with Crippen molar-refractivity contribution in [1.29, 1.82) is 5.26 Å². The fourth-order valence-electron chi connectivity index (χ4n) is 3.81. The SMILES string of the molecule is C=CC(=O)Nc1ccc(-c2ccc(-c3cc(-c4cnn(C)c4)cn4ncc(C#N)c34)cc2)cn1. The lowest BCUT2D eigenvalue weighted by Crippen LogP contribution is -2.08. The Labute approximate surface area is 195 Å². The fraction of sp³-hybridized carbons (Fsp3) is 0.0385. The molecule has 0 aliphatic rings. The largest absolute Gasteiger partial charge is 0.307 e. The van der Waals surface area contributed by atoms with Crippen LogP contribution in [0.5, 0.6) is 0 Å². The zero-order valence-corrected chi connectivity index (χ0v) is 18.3. The highest BCUT2D eigenvalue weighted by Gasteiger charge is 2.14. The van der Waals surface area contributed by atoms with Crippen molar-refractivity contribution in [2.24, 2.45) is 7.05 Å². The summed E-state index contributed by atoms with van der Waals surface area (Å²) in [6, 6.07) is 16.0. The van der Waals surface area contributed by atoms with E-state index in [0.29, 0.717) is 11.4 Å². The van der Waals surface area contributed by atoms with E-state index in [1.165, 1.54) is 6.08 Å². The van der Waals surface area contributed by atoms with Gasteiger partial charge in [0.2, 0.25) is 5.91 Å². The Bertz CT molecular complexity index is 1570. The molecule has 0 atom stereocenters. The molecule has 5 aromatic rings. The van der Waals surface area contributed by atoms with Crippen LogP contribution in [0.1, 0.15) is 5.56 Å². The van der Waals surface area contributed by atoms with Gasteiger partial charge in [0.05, 0.1) is 23.5 Å². The van der Waals surface area contributed by atoms with Crippen molar-refractivity contribution in [2.45, 2.75) is 0 Å². The van der Waals surface area contributed by atoms with E-state index in [4.69, 9.17) is 0 Å². The predicted octanol–water partition coefficient (Wildman–Crippen LogP) is 4.46. The lowest BCUT2D eigenvalue weighted by molar-refractivity contribution is -0.111. The van der Waals surface area contributed by atoms with Crippen LogP contribution in [0.25, 0.3) is 38.9 Å². The van der Waals surface area contributed by atoms with E-state index in [9.17, 15) is 10.1 Å². The third-order valence-electron chi connectivity index (χ3n) is 5.50. The van der Waals surface area contributed by atoms with E-state index >= 15 is 0 Å². The van der Waals surface area contributed by atoms with Gasteiger partial charge in [0.1, 0.15) is 11.9 Å². The minimum atomic E-state index is -0.305. The molecule has 0 spiro atoms. The maximum absolute atomic E-state index is 11.4. The highest BCUT2D eigenvalue weighted by Crippen LogP contribution is 2.33. The first-order chi connectivity index (χ1) is 16.6. The Morgan fingerprint density at radius 3 is 2.38 bits per heavy atom. The van der Waals surface area contributed by atoms with Gasteiger partial charge in [-0.1, -0.05) is 30.8 Å². The third-order valence-corrected chi connectivity index (χ3v) is 5.50. The van der Waals surface area contributed by atoms with Gasteiger partial charge in [0.25, 0.3) is 0 Å². The summed E-state index contributed by atoms with van der Waals surface area (Å²) in [4.78, 5) is 15.7. The van der Waals surface area contributed by atoms with Crippen LogP contribution >= 0.6 is 0 Å². The van der Waals surface area contributed by atoms with Crippen molar-refractivity contribution in [2.75, 3.05) is 5.32 Å². The molecule has 0 unspecified atom stereocenters. The molecule has 0 aliphatic carbocycles. The molecule has 0 aliphatic heterocycles. The van der Waals surface area contributed by atoms with Crippen molar-refractivity contribution >= 4 is 17.2 Å². The second-order valence-corrected chi connectivity index (χ2v) is 7.71. The molecule has 0 bridgehead atoms. The van der Waals surface area contributed by atoms with Crippen LogP contribution in [-0.2, 0) is 11.8 Å². The zero-order chi connectivity index (χ0) is 23.7. The second kappa shape index (κ2) is 8.48. The number of fused-ring (bicyclic) bond motifs is 1. The molecule has 34 heavy (non-hydrogen) atoms. The summed E-state index contributed by atoms with van der Waals surface area (Å²) in [5.41, 5.74) is 6.94. The number of aryl methyl sites for hydroxylation is 1. The van der Waals surface area contributed by atoms with Crippen LogP contribution in [0.15, 0.2) is 86.1 Å². The van der Waals surface area contributed by atoms with E-state index in [1.807, 2.05) is 49.8 Å². The first-order valence-corrected chi connectivity index (χ1v) is 10.5. The predicted molar refractivity (Wildman–Crippen MR) is 130 cm³/mol. The summed E-state index contributed by atoms with van der Waals surface area (Å²) in [6.45, 7) is 3.44. The fourth-order valence-corrected chi connectivity index (χ4v) is 3.81. The Hall–Kier alpha value is -5.03. The number of nitriles is 1. The number of rotatable bonds is 5. The van der Waals surface area contributed by atoms with Gasteiger partial charge < -0.3 is 5.32 Å². The second-order valence-electron chi connectivity index (χ2n) is 7.71. The number of nitrogens with one attached hydrogen (secondary N) is 1.